The summed E-state index contributed by atoms with van der Waals surface area (Å²) in [5, 5.41) is 8.92. The maximum absolute atomic E-state index is 8.92. The van der Waals surface area contributed by atoms with Gasteiger partial charge in [0.2, 0.25) is 0 Å². The smallest absolute Gasteiger partial charge is 0.156 e. The van der Waals surface area contributed by atoms with Crippen LogP contribution in [0.5, 0.6) is 11.5 Å². The average Bonchev–Trinajstić information content (AvgIpc) is 2.46. The molecule has 0 aliphatic carbocycles. The number of nitrogens with two attached hydrogens (primary N) is 1. The number of ether oxygens (including phenoxy) is 2. The molecule has 0 atom stereocenters. The number of halogens is 1. The first-order valence-electron chi connectivity index (χ1n) is 6.30. The Morgan fingerprint density at radius 2 is 2.05 bits per heavy atom. The van der Waals surface area contributed by atoms with Crippen LogP contribution in [0.3, 0.4) is 0 Å². The fourth-order valence-corrected chi connectivity index (χ4v) is 2.80. The van der Waals surface area contributed by atoms with E-state index in [0.717, 1.165) is 20.4 Å². The molecule has 2 rings (SSSR count). The molecule has 4 nitrogen and oxygen atoms in total. The Labute approximate surface area is 137 Å². The van der Waals surface area contributed by atoms with Crippen LogP contribution >= 0.6 is 22.6 Å². The molecule has 0 fully saturated rings. The molecule has 2 N–H and O–H groups in total. The molecular formula is C16H15IN2O2. The highest BCUT2D eigenvalue weighted by atomic mass is 127. The van der Waals surface area contributed by atoms with Crippen molar-refractivity contribution in [1.29, 1.82) is 5.26 Å². The van der Waals surface area contributed by atoms with Gasteiger partial charge in [0.1, 0.15) is 12.4 Å². The van der Waals surface area contributed by atoms with E-state index in [0.29, 0.717) is 23.6 Å². The quantitative estimate of drug-likeness (QED) is 0.635. The Morgan fingerprint density at radius 3 is 2.67 bits per heavy atom. The second kappa shape index (κ2) is 6.68. The zero-order valence-corrected chi connectivity index (χ0v) is 14.0. The van der Waals surface area contributed by atoms with E-state index in [1.807, 2.05) is 25.1 Å². The van der Waals surface area contributed by atoms with Gasteiger partial charge in [0.05, 0.1) is 28.0 Å². The number of methoxy groups -OCH3 is 1. The largest absolute Gasteiger partial charge is 0.496 e. The van der Waals surface area contributed by atoms with Crippen molar-refractivity contribution in [3.05, 3.63) is 50.6 Å². The van der Waals surface area contributed by atoms with Crippen LogP contribution in [0.2, 0.25) is 0 Å². The zero-order chi connectivity index (χ0) is 15.4. The number of nitrogen functional groups attached to an aromatic ring is 1. The maximum atomic E-state index is 8.92. The van der Waals surface area contributed by atoms with Crippen LogP contribution in [0, 0.1) is 21.8 Å². The second-order valence-electron chi connectivity index (χ2n) is 4.59. The fourth-order valence-electron chi connectivity index (χ4n) is 2.00. The van der Waals surface area contributed by atoms with E-state index in [9.17, 15) is 0 Å². The molecule has 0 aliphatic rings. The van der Waals surface area contributed by atoms with Gasteiger partial charge in [-0.3, -0.25) is 0 Å². The van der Waals surface area contributed by atoms with Crippen LogP contribution in [-0.2, 0) is 6.61 Å². The number of nitriles is 1. The highest BCUT2D eigenvalue weighted by Gasteiger charge is 2.10. The van der Waals surface area contributed by atoms with Crippen molar-refractivity contribution in [3.8, 4) is 17.6 Å². The molecular weight excluding hydrogens is 379 g/mol. The monoisotopic (exact) mass is 394 g/mol. The van der Waals surface area contributed by atoms with Crippen molar-refractivity contribution in [3.63, 3.8) is 0 Å². The molecule has 2 aromatic rings. The van der Waals surface area contributed by atoms with Gasteiger partial charge in [-0.1, -0.05) is 11.6 Å². The van der Waals surface area contributed by atoms with Gasteiger partial charge in [-0.2, -0.15) is 5.26 Å². The molecule has 0 saturated heterocycles. The molecule has 0 amide bonds. The third-order valence-corrected chi connectivity index (χ3v) is 3.81. The summed E-state index contributed by atoms with van der Waals surface area (Å²) in [6.07, 6.45) is 0. The van der Waals surface area contributed by atoms with Crippen LogP contribution < -0.4 is 15.2 Å². The maximum Gasteiger partial charge on any atom is 0.156 e. The van der Waals surface area contributed by atoms with Crippen molar-refractivity contribution in [1.82, 2.24) is 0 Å². The summed E-state index contributed by atoms with van der Waals surface area (Å²) in [5.74, 6) is 1.38. The van der Waals surface area contributed by atoms with Gasteiger partial charge >= 0.3 is 0 Å². The van der Waals surface area contributed by atoms with E-state index in [4.69, 9.17) is 20.5 Å². The molecule has 0 bridgehead atoms. The number of rotatable bonds is 4. The minimum atomic E-state index is 0.358. The number of aryl methyl sites for hydroxylation is 1. The summed E-state index contributed by atoms with van der Waals surface area (Å²) in [6.45, 7) is 2.37. The molecule has 2 aromatic carbocycles. The third-order valence-electron chi connectivity index (χ3n) is 3.01. The number of nitrogens with zero attached hydrogens (tertiary/aromatic N) is 1. The van der Waals surface area contributed by atoms with Gasteiger partial charge in [0.15, 0.2) is 5.75 Å². The SMILES string of the molecule is COc1ccc(C)cc1COc1c(N)cc(C#N)cc1I. The minimum Gasteiger partial charge on any atom is -0.496 e. The lowest BCUT2D eigenvalue weighted by atomic mass is 10.1. The highest BCUT2D eigenvalue weighted by Crippen LogP contribution is 2.31. The van der Waals surface area contributed by atoms with E-state index in [1.165, 1.54) is 0 Å². The summed E-state index contributed by atoms with van der Waals surface area (Å²) < 4.78 is 12.0. The highest BCUT2D eigenvalue weighted by molar-refractivity contribution is 14.1. The summed E-state index contributed by atoms with van der Waals surface area (Å²) in [7, 11) is 1.63. The summed E-state index contributed by atoms with van der Waals surface area (Å²) in [6, 6.07) is 11.4. The van der Waals surface area contributed by atoms with Crippen molar-refractivity contribution >= 4 is 28.3 Å². The number of benzene rings is 2. The van der Waals surface area contributed by atoms with Crippen molar-refractivity contribution < 1.29 is 9.47 Å². The van der Waals surface area contributed by atoms with Gasteiger partial charge in [0.25, 0.3) is 0 Å². The topological polar surface area (TPSA) is 68.3 Å². The number of anilines is 1. The Bertz CT molecular complexity index is 685. The zero-order valence-electron chi connectivity index (χ0n) is 11.8. The predicted molar refractivity (Wildman–Crippen MR) is 90.3 cm³/mol. The Morgan fingerprint density at radius 1 is 1.29 bits per heavy atom. The lowest BCUT2D eigenvalue weighted by Gasteiger charge is -2.14. The van der Waals surface area contributed by atoms with Gasteiger partial charge in [0, 0.05) is 5.56 Å². The van der Waals surface area contributed by atoms with Crippen molar-refractivity contribution in [2.75, 3.05) is 12.8 Å². The summed E-state index contributed by atoms with van der Waals surface area (Å²) in [4.78, 5) is 0. The summed E-state index contributed by atoms with van der Waals surface area (Å²) >= 11 is 2.12. The first-order valence-corrected chi connectivity index (χ1v) is 7.38. The molecule has 0 aliphatic heterocycles. The van der Waals surface area contributed by atoms with Gasteiger partial charge in [-0.05, 0) is 53.8 Å². The van der Waals surface area contributed by atoms with E-state index < -0.39 is 0 Å². The fraction of sp³-hybridized carbons (Fsp3) is 0.188. The lowest BCUT2D eigenvalue weighted by Crippen LogP contribution is -2.03. The Hall–Kier alpha value is -1.94. The number of hydrogen-bond acceptors (Lipinski definition) is 4. The second-order valence-corrected chi connectivity index (χ2v) is 5.75. The third kappa shape index (κ3) is 3.58. The molecule has 0 spiro atoms. The van der Waals surface area contributed by atoms with Gasteiger partial charge in [-0.15, -0.1) is 0 Å². The van der Waals surface area contributed by atoms with Gasteiger partial charge in [-0.25, -0.2) is 0 Å². The van der Waals surface area contributed by atoms with Crippen LogP contribution in [-0.4, -0.2) is 7.11 Å². The first kappa shape index (κ1) is 15.4. The van der Waals surface area contributed by atoms with Crippen LogP contribution in [0.25, 0.3) is 0 Å². The first-order chi connectivity index (χ1) is 10.0. The molecule has 0 aromatic heterocycles. The standard InChI is InChI=1S/C16H15IN2O2/c1-10-3-4-15(20-2)12(5-10)9-21-16-13(17)6-11(8-18)7-14(16)19/h3-7H,9,19H2,1-2H3. The molecule has 0 saturated carbocycles. The van der Waals surface area contributed by atoms with Crippen LogP contribution in [0.15, 0.2) is 30.3 Å². The van der Waals surface area contributed by atoms with E-state index >= 15 is 0 Å². The predicted octanol–water partition coefficient (Wildman–Crippen LogP) is 3.64. The van der Waals surface area contributed by atoms with E-state index in [-0.39, 0.29) is 0 Å². The summed E-state index contributed by atoms with van der Waals surface area (Å²) in [5.41, 5.74) is 9.03. The Kier molecular flexibility index (Phi) is 4.91. The van der Waals surface area contributed by atoms with E-state index in [1.54, 1.807) is 19.2 Å². The van der Waals surface area contributed by atoms with Crippen molar-refractivity contribution in [2.24, 2.45) is 0 Å². The normalized spacial score (nSPS) is 10.0. The number of hydrogen-bond donors (Lipinski definition) is 1. The molecule has 0 radical (unpaired) electrons. The van der Waals surface area contributed by atoms with Crippen LogP contribution in [0.1, 0.15) is 16.7 Å². The van der Waals surface area contributed by atoms with Gasteiger partial charge < -0.3 is 15.2 Å². The van der Waals surface area contributed by atoms with E-state index in [2.05, 4.69) is 28.7 Å². The average molecular weight is 394 g/mol. The van der Waals surface area contributed by atoms with Crippen LogP contribution in [0.4, 0.5) is 5.69 Å². The molecule has 5 heteroatoms. The molecule has 0 unspecified atom stereocenters. The molecule has 108 valence electrons. The Balaban J connectivity index is 2.25. The molecule has 0 heterocycles. The molecule has 21 heavy (non-hydrogen) atoms. The lowest BCUT2D eigenvalue weighted by molar-refractivity contribution is 0.296. The minimum absolute atomic E-state index is 0.358. The van der Waals surface area contributed by atoms with Crippen molar-refractivity contribution in [2.45, 2.75) is 13.5 Å².